The van der Waals surface area contributed by atoms with Gasteiger partial charge in [-0.3, -0.25) is 0 Å². The molecular formula is C10H21N. The lowest BCUT2D eigenvalue weighted by Crippen LogP contribution is -2.32. The quantitative estimate of drug-likeness (QED) is 0.643. The van der Waals surface area contributed by atoms with E-state index in [2.05, 4.69) is 26.1 Å². The summed E-state index contributed by atoms with van der Waals surface area (Å²) in [7, 11) is 0. The van der Waals surface area contributed by atoms with Gasteiger partial charge < -0.3 is 5.32 Å². The standard InChI is InChI=1S/C10H21N/c1-4-10(3,5-2)8-11-9-6-7-9/h9,11H,4-8H2,1-3H3. The molecule has 0 spiro atoms. The van der Waals surface area contributed by atoms with Gasteiger partial charge in [-0.1, -0.05) is 20.8 Å². The van der Waals surface area contributed by atoms with Crippen LogP contribution in [-0.2, 0) is 0 Å². The highest BCUT2D eigenvalue weighted by atomic mass is 15.0. The molecule has 0 aromatic heterocycles. The van der Waals surface area contributed by atoms with E-state index in [1.54, 1.807) is 0 Å². The Morgan fingerprint density at radius 3 is 2.18 bits per heavy atom. The first kappa shape index (κ1) is 9.05. The maximum atomic E-state index is 3.60. The van der Waals surface area contributed by atoms with Crippen LogP contribution in [0.25, 0.3) is 0 Å². The number of hydrogen-bond donors (Lipinski definition) is 1. The molecule has 1 N–H and O–H groups in total. The van der Waals surface area contributed by atoms with Crippen LogP contribution in [0, 0.1) is 5.41 Å². The van der Waals surface area contributed by atoms with Crippen LogP contribution in [0.1, 0.15) is 46.5 Å². The minimum Gasteiger partial charge on any atom is -0.313 e. The Balaban J connectivity index is 2.18. The third kappa shape index (κ3) is 2.82. The molecule has 0 radical (unpaired) electrons. The Labute approximate surface area is 70.6 Å². The van der Waals surface area contributed by atoms with E-state index in [1.165, 1.54) is 32.2 Å². The van der Waals surface area contributed by atoms with Crippen molar-refractivity contribution in [2.75, 3.05) is 6.54 Å². The zero-order valence-electron chi connectivity index (χ0n) is 8.11. The van der Waals surface area contributed by atoms with Crippen molar-refractivity contribution < 1.29 is 0 Å². The lowest BCUT2D eigenvalue weighted by atomic mass is 9.85. The fourth-order valence-corrected chi connectivity index (χ4v) is 1.18. The van der Waals surface area contributed by atoms with Gasteiger partial charge >= 0.3 is 0 Å². The SMILES string of the molecule is CCC(C)(CC)CNC1CC1. The van der Waals surface area contributed by atoms with Crippen LogP contribution in [0.5, 0.6) is 0 Å². The first-order valence-electron chi connectivity index (χ1n) is 4.93. The first-order chi connectivity index (χ1) is 5.20. The van der Waals surface area contributed by atoms with Gasteiger partial charge in [0.15, 0.2) is 0 Å². The summed E-state index contributed by atoms with van der Waals surface area (Å²) >= 11 is 0. The van der Waals surface area contributed by atoms with Gasteiger partial charge in [-0.05, 0) is 31.1 Å². The second-order valence-corrected chi connectivity index (χ2v) is 4.17. The molecule has 0 aromatic carbocycles. The number of rotatable bonds is 5. The van der Waals surface area contributed by atoms with Gasteiger partial charge in [0.2, 0.25) is 0 Å². The van der Waals surface area contributed by atoms with Crippen molar-refractivity contribution in [3.05, 3.63) is 0 Å². The van der Waals surface area contributed by atoms with Crippen LogP contribution < -0.4 is 5.32 Å². The molecule has 0 heterocycles. The number of nitrogens with one attached hydrogen (secondary N) is 1. The Kier molecular flexibility index (Phi) is 2.94. The molecular weight excluding hydrogens is 134 g/mol. The predicted molar refractivity (Wildman–Crippen MR) is 49.7 cm³/mol. The molecule has 0 unspecified atom stereocenters. The van der Waals surface area contributed by atoms with E-state index in [0.29, 0.717) is 5.41 Å². The molecule has 0 saturated heterocycles. The molecule has 1 nitrogen and oxygen atoms in total. The molecule has 1 rings (SSSR count). The van der Waals surface area contributed by atoms with E-state index in [4.69, 9.17) is 0 Å². The first-order valence-corrected chi connectivity index (χ1v) is 4.93. The summed E-state index contributed by atoms with van der Waals surface area (Å²) in [6, 6.07) is 0.868. The topological polar surface area (TPSA) is 12.0 Å². The van der Waals surface area contributed by atoms with Crippen molar-refractivity contribution >= 4 is 0 Å². The third-order valence-electron chi connectivity index (χ3n) is 3.10. The van der Waals surface area contributed by atoms with Gasteiger partial charge in [0.25, 0.3) is 0 Å². The summed E-state index contributed by atoms with van der Waals surface area (Å²) in [6.45, 7) is 8.17. The van der Waals surface area contributed by atoms with Crippen LogP contribution in [0.15, 0.2) is 0 Å². The van der Waals surface area contributed by atoms with Gasteiger partial charge in [0.1, 0.15) is 0 Å². The highest BCUT2D eigenvalue weighted by molar-refractivity contribution is 4.84. The molecule has 1 fully saturated rings. The Morgan fingerprint density at radius 2 is 1.82 bits per heavy atom. The minimum atomic E-state index is 0.544. The highest BCUT2D eigenvalue weighted by Gasteiger charge is 2.25. The average molecular weight is 155 g/mol. The molecule has 1 heteroatoms. The number of hydrogen-bond acceptors (Lipinski definition) is 1. The second-order valence-electron chi connectivity index (χ2n) is 4.17. The van der Waals surface area contributed by atoms with Crippen molar-refractivity contribution in [3.63, 3.8) is 0 Å². The van der Waals surface area contributed by atoms with Crippen LogP contribution >= 0.6 is 0 Å². The van der Waals surface area contributed by atoms with Gasteiger partial charge in [-0.15, -0.1) is 0 Å². The van der Waals surface area contributed by atoms with E-state index in [0.717, 1.165) is 6.04 Å². The molecule has 1 aliphatic carbocycles. The van der Waals surface area contributed by atoms with Crippen molar-refractivity contribution in [2.45, 2.75) is 52.5 Å². The van der Waals surface area contributed by atoms with Gasteiger partial charge in [-0.25, -0.2) is 0 Å². The van der Waals surface area contributed by atoms with E-state index in [-0.39, 0.29) is 0 Å². The van der Waals surface area contributed by atoms with Crippen LogP contribution in [-0.4, -0.2) is 12.6 Å². The van der Waals surface area contributed by atoms with Gasteiger partial charge in [0.05, 0.1) is 0 Å². The molecule has 66 valence electrons. The fourth-order valence-electron chi connectivity index (χ4n) is 1.18. The molecule has 1 aliphatic rings. The van der Waals surface area contributed by atoms with Crippen LogP contribution in [0.2, 0.25) is 0 Å². The minimum absolute atomic E-state index is 0.544. The maximum absolute atomic E-state index is 3.60. The summed E-state index contributed by atoms with van der Waals surface area (Å²) in [5.74, 6) is 0. The fraction of sp³-hybridized carbons (Fsp3) is 1.00. The summed E-state index contributed by atoms with van der Waals surface area (Å²) < 4.78 is 0. The zero-order chi connectivity index (χ0) is 8.32. The maximum Gasteiger partial charge on any atom is 0.00684 e. The molecule has 0 aliphatic heterocycles. The van der Waals surface area contributed by atoms with E-state index in [9.17, 15) is 0 Å². The molecule has 0 atom stereocenters. The third-order valence-corrected chi connectivity index (χ3v) is 3.10. The monoisotopic (exact) mass is 155 g/mol. The summed E-state index contributed by atoms with van der Waals surface area (Å²) in [5.41, 5.74) is 0.544. The molecule has 0 aromatic rings. The summed E-state index contributed by atoms with van der Waals surface area (Å²) in [4.78, 5) is 0. The second kappa shape index (κ2) is 3.57. The Hall–Kier alpha value is -0.0400. The average Bonchev–Trinajstić information content (AvgIpc) is 2.83. The normalized spacial score (nSPS) is 18.8. The van der Waals surface area contributed by atoms with Crippen LogP contribution in [0.3, 0.4) is 0 Å². The Bertz CT molecular complexity index is 112. The Morgan fingerprint density at radius 1 is 1.27 bits per heavy atom. The van der Waals surface area contributed by atoms with Crippen molar-refractivity contribution in [2.24, 2.45) is 5.41 Å². The van der Waals surface area contributed by atoms with E-state index >= 15 is 0 Å². The predicted octanol–water partition coefficient (Wildman–Crippen LogP) is 2.56. The lowest BCUT2D eigenvalue weighted by molar-refractivity contribution is 0.280. The zero-order valence-corrected chi connectivity index (χ0v) is 8.11. The van der Waals surface area contributed by atoms with E-state index < -0.39 is 0 Å². The lowest BCUT2D eigenvalue weighted by Gasteiger charge is -2.26. The van der Waals surface area contributed by atoms with Crippen molar-refractivity contribution in [1.82, 2.24) is 5.32 Å². The van der Waals surface area contributed by atoms with E-state index in [1.807, 2.05) is 0 Å². The molecule has 0 amide bonds. The largest absolute Gasteiger partial charge is 0.313 e. The van der Waals surface area contributed by atoms with Crippen molar-refractivity contribution in [1.29, 1.82) is 0 Å². The molecule has 11 heavy (non-hydrogen) atoms. The molecule has 1 saturated carbocycles. The smallest absolute Gasteiger partial charge is 0.00684 e. The summed E-state index contributed by atoms with van der Waals surface area (Å²) in [6.07, 6.45) is 5.40. The van der Waals surface area contributed by atoms with Crippen molar-refractivity contribution in [3.8, 4) is 0 Å². The highest BCUT2D eigenvalue weighted by Crippen LogP contribution is 2.26. The molecule has 0 bridgehead atoms. The summed E-state index contributed by atoms with van der Waals surface area (Å²) in [5, 5.41) is 3.60. The van der Waals surface area contributed by atoms with Crippen LogP contribution in [0.4, 0.5) is 0 Å². The van der Waals surface area contributed by atoms with Gasteiger partial charge in [0, 0.05) is 12.6 Å². The van der Waals surface area contributed by atoms with Gasteiger partial charge in [-0.2, -0.15) is 0 Å².